The van der Waals surface area contributed by atoms with Crippen molar-refractivity contribution in [2.24, 2.45) is 15.9 Å². The SMILES string of the molecule is C=N/C=C(\C=NC)c1ccc(C(C)(C)C(=O)NCC(C)CC)cc1. The number of aliphatic imine (C=N–C) groups is 2. The highest BCUT2D eigenvalue weighted by molar-refractivity contribution is 6.09. The van der Waals surface area contributed by atoms with Crippen LogP contribution in [0.15, 0.2) is 40.5 Å². The smallest absolute Gasteiger partial charge is 0.230 e. The van der Waals surface area contributed by atoms with E-state index in [0.29, 0.717) is 12.5 Å². The molecule has 0 spiro atoms. The Morgan fingerprint density at radius 1 is 1.33 bits per heavy atom. The highest BCUT2D eigenvalue weighted by atomic mass is 16.2. The van der Waals surface area contributed by atoms with E-state index >= 15 is 0 Å². The van der Waals surface area contributed by atoms with Crippen LogP contribution in [0, 0.1) is 5.92 Å². The Morgan fingerprint density at radius 2 is 1.96 bits per heavy atom. The monoisotopic (exact) mass is 327 g/mol. The van der Waals surface area contributed by atoms with Gasteiger partial charge in [-0.15, -0.1) is 0 Å². The van der Waals surface area contributed by atoms with Gasteiger partial charge in [-0.05, 0) is 37.6 Å². The summed E-state index contributed by atoms with van der Waals surface area (Å²) in [4.78, 5) is 20.4. The lowest BCUT2D eigenvalue weighted by Gasteiger charge is -2.25. The van der Waals surface area contributed by atoms with Gasteiger partial charge >= 0.3 is 0 Å². The first-order valence-corrected chi connectivity index (χ1v) is 8.34. The molecule has 1 unspecified atom stereocenters. The largest absolute Gasteiger partial charge is 0.355 e. The fraction of sp³-hybridized carbons (Fsp3) is 0.450. The highest BCUT2D eigenvalue weighted by Gasteiger charge is 2.29. The summed E-state index contributed by atoms with van der Waals surface area (Å²) >= 11 is 0. The fourth-order valence-electron chi connectivity index (χ4n) is 2.26. The number of allylic oxidation sites excluding steroid dienone is 1. The first-order valence-electron chi connectivity index (χ1n) is 8.34. The molecule has 0 radical (unpaired) electrons. The zero-order valence-electron chi connectivity index (χ0n) is 15.5. The van der Waals surface area contributed by atoms with Crippen LogP contribution in [-0.2, 0) is 10.2 Å². The second kappa shape index (κ2) is 9.16. The molecule has 130 valence electrons. The maximum Gasteiger partial charge on any atom is 0.230 e. The average Bonchev–Trinajstić information content (AvgIpc) is 2.59. The van der Waals surface area contributed by atoms with Crippen molar-refractivity contribution in [2.45, 2.75) is 39.5 Å². The second-order valence-electron chi connectivity index (χ2n) is 6.58. The quantitative estimate of drug-likeness (QED) is 0.724. The van der Waals surface area contributed by atoms with E-state index in [4.69, 9.17) is 0 Å². The van der Waals surface area contributed by atoms with E-state index in [1.165, 1.54) is 0 Å². The van der Waals surface area contributed by atoms with Crippen LogP contribution < -0.4 is 5.32 Å². The van der Waals surface area contributed by atoms with Crippen molar-refractivity contribution < 1.29 is 4.79 Å². The van der Waals surface area contributed by atoms with Crippen molar-refractivity contribution in [3.63, 3.8) is 0 Å². The summed E-state index contributed by atoms with van der Waals surface area (Å²) in [6.07, 6.45) is 4.47. The average molecular weight is 327 g/mol. The number of amides is 1. The second-order valence-corrected chi connectivity index (χ2v) is 6.58. The minimum absolute atomic E-state index is 0.0502. The zero-order chi connectivity index (χ0) is 18.2. The zero-order valence-corrected chi connectivity index (χ0v) is 15.5. The number of hydrogen-bond acceptors (Lipinski definition) is 3. The number of nitrogens with one attached hydrogen (secondary N) is 1. The molecule has 1 rings (SSSR count). The van der Waals surface area contributed by atoms with Gasteiger partial charge in [0.15, 0.2) is 0 Å². The van der Waals surface area contributed by atoms with Crippen LogP contribution in [0.4, 0.5) is 0 Å². The van der Waals surface area contributed by atoms with E-state index < -0.39 is 5.41 Å². The van der Waals surface area contributed by atoms with E-state index in [1.54, 1.807) is 19.5 Å². The van der Waals surface area contributed by atoms with Gasteiger partial charge in [-0.25, -0.2) is 0 Å². The van der Waals surface area contributed by atoms with Crippen molar-refractivity contribution in [2.75, 3.05) is 13.6 Å². The molecule has 0 saturated carbocycles. The minimum atomic E-state index is -0.578. The molecule has 1 atom stereocenters. The van der Waals surface area contributed by atoms with Crippen LogP contribution in [0.3, 0.4) is 0 Å². The molecular weight excluding hydrogens is 298 g/mol. The Labute approximate surface area is 145 Å². The lowest BCUT2D eigenvalue weighted by molar-refractivity contribution is -0.125. The minimum Gasteiger partial charge on any atom is -0.355 e. The van der Waals surface area contributed by atoms with E-state index in [2.05, 4.69) is 35.9 Å². The van der Waals surface area contributed by atoms with Gasteiger partial charge < -0.3 is 5.32 Å². The van der Waals surface area contributed by atoms with Crippen LogP contribution in [0.1, 0.15) is 45.2 Å². The molecule has 1 N–H and O–H groups in total. The van der Waals surface area contributed by atoms with Gasteiger partial charge in [0.05, 0.1) is 5.41 Å². The van der Waals surface area contributed by atoms with Crippen molar-refractivity contribution in [1.29, 1.82) is 0 Å². The summed E-state index contributed by atoms with van der Waals surface area (Å²) in [7, 11) is 1.72. The maximum absolute atomic E-state index is 12.5. The van der Waals surface area contributed by atoms with Gasteiger partial charge in [0.1, 0.15) is 0 Å². The Morgan fingerprint density at radius 3 is 2.46 bits per heavy atom. The van der Waals surface area contributed by atoms with Crippen LogP contribution in [0.5, 0.6) is 0 Å². The Bertz CT molecular complexity index is 612. The van der Waals surface area contributed by atoms with Gasteiger partial charge in [0.25, 0.3) is 0 Å². The van der Waals surface area contributed by atoms with Crippen LogP contribution in [-0.4, -0.2) is 32.4 Å². The lowest BCUT2D eigenvalue weighted by atomic mass is 9.83. The first kappa shape index (κ1) is 19.8. The lowest BCUT2D eigenvalue weighted by Crippen LogP contribution is -2.41. The van der Waals surface area contributed by atoms with Gasteiger partial charge in [0, 0.05) is 31.6 Å². The summed E-state index contributed by atoms with van der Waals surface area (Å²) < 4.78 is 0. The summed E-state index contributed by atoms with van der Waals surface area (Å²) in [5, 5.41) is 3.06. The fourth-order valence-corrected chi connectivity index (χ4v) is 2.26. The van der Waals surface area contributed by atoms with Crippen molar-refractivity contribution >= 4 is 24.4 Å². The number of nitrogens with zero attached hydrogens (tertiary/aromatic N) is 2. The molecule has 0 saturated heterocycles. The number of carbonyl (C=O) groups is 1. The van der Waals surface area contributed by atoms with Crippen molar-refractivity contribution in [1.82, 2.24) is 5.32 Å². The molecular formula is C20H29N3O. The van der Waals surface area contributed by atoms with E-state index in [1.807, 2.05) is 38.1 Å². The van der Waals surface area contributed by atoms with E-state index in [-0.39, 0.29) is 5.91 Å². The van der Waals surface area contributed by atoms with Crippen LogP contribution >= 0.6 is 0 Å². The number of rotatable bonds is 8. The molecule has 0 heterocycles. The molecule has 1 aromatic rings. The molecule has 0 aromatic heterocycles. The Balaban J connectivity index is 2.95. The molecule has 0 bridgehead atoms. The van der Waals surface area contributed by atoms with E-state index in [0.717, 1.165) is 23.1 Å². The molecule has 4 heteroatoms. The molecule has 0 fully saturated rings. The molecule has 24 heavy (non-hydrogen) atoms. The topological polar surface area (TPSA) is 53.8 Å². The van der Waals surface area contributed by atoms with E-state index in [9.17, 15) is 4.79 Å². The molecule has 0 aliphatic heterocycles. The van der Waals surface area contributed by atoms with Gasteiger partial charge in [-0.2, -0.15) is 0 Å². The Hall–Kier alpha value is -2.23. The summed E-state index contributed by atoms with van der Waals surface area (Å²) in [5.41, 5.74) is 2.28. The Kier molecular flexibility index (Phi) is 7.56. The predicted octanol–water partition coefficient (Wildman–Crippen LogP) is 3.87. The molecule has 1 amide bonds. The third kappa shape index (κ3) is 5.15. The molecule has 0 aliphatic rings. The van der Waals surface area contributed by atoms with Crippen molar-refractivity contribution in [3.8, 4) is 0 Å². The van der Waals surface area contributed by atoms with Gasteiger partial charge in [0.2, 0.25) is 5.91 Å². The standard InChI is InChI=1S/C20H29N3O/c1-7-15(2)12-23-19(24)20(3,4)18-10-8-16(9-11-18)17(13-21-5)14-22-6/h8-11,13-15H,5,7,12H2,1-4,6H3,(H,23,24)/b17-13+,22-14?. The highest BCUT2D eigenvalue weighted by Crippen LogP contribution is 2.25. The third-order valence-corrected chi connectivity index (χ3v) is 4.31. The maximum atomic E-state index is 12.5. The predicted molar refractivity (Wildman–Crippen MR) is 104 cm³/mol. The third-order valence-electron chi connectivity index (χ3n) is 4.31. The number of carbonyl (C=O) groups excluding carboxylic acids is 1. The van der Waals surface area contributed by atoms with Gasteiger partial charge in [-0.3, -0.25) is 14.8 Å². The number of hydrogen-bond donors (Lipinski definition) is 1. The van der Waals surface area contributed by atoms with Gasteiger partial charge in [-0.1, -0.05) is 44.5 Å². The van der Waals surface area contributed by atoms with Crippen LogP contribution in [0.2, 0.25) is 0 Å². The normalized spacial score (nSPS) is 13.8. The first-order chi connectivity index (χ1) is 11.4. The number of benzene rings is 1. The van der Waals surface area contributed by atoms with Crippen LogP contribution in [0.25, 0.3) is 5.57 Å². The molecule has 0 aliphatic carbocycles. The summed E-state index contributed by atoms with van der Waals surface area (Å²) in [6, 6.07) is 7.94. The summed E-state index contributed by atoms with van der Waals surface area (Å²) in [6.45, 7) is 12.4. The molecule has 4 nitrogen and oxygen atoms in total. The summed E-state index contributed by atoms with van der Waals surface area (Å²) in [5.74, 6) is 0.536. The van der Waals surface area contributed by atoms with Crippen molar-refractivity contribution in [3.05, 3.63) is 41.6 Å². The molecule has 1 aromatic carbocycles.